The number of aliphatic carboxylic acids is 1. The van der Waals surface area contributed by atoms with Crippen LogP contribution in [0.3, 0.4) is 0 Å². The van der Waals surface area contributed by atoms with E-state index in [9.17, 15) is 14.7 Å². The zero-order chi connectivity index (χ0) is 18.0. The molecule has 0 bridgehead atoms. The van der Waals surface area contributed by atoms with Gasteiger partial charge in [0.1, 0.15) is 5.69 Å². The van der Waals surface area contributed by atoms with E-state index in [4.69, 9.17) is 0 Å². The standard InChI is InChI=1S/C19H22N2O3S/c1-13(2)16-20-15(12-25-16)17(22)21-10-8-19(9-11-21,18(23)24)14-6-4-3-5-7-14/h3-7,12-13H,8-11H2,1-2H3,(H,23,24). The number of hydrogen-bond acceptors (Lipinski definition) is 4. The summed E-state index contributed by atoms with van der Waals surface area (Å²) in [7, 11) is 0. The van der Waals surface area contributed by atoms with E-state index >= 15 is 0 Å². The van der Waals surface area contributed by atoms with Crippen LogP contribution in [0.1, 0.15) is 53.7 Å². The van der Waals surface area contributed by atoms with Crippen LogP contribution in [0.25, 0.3) is 0 Å². The molecule has 0 saturated carbocycles. The number of carboxylic acids is 1. The number of likely N-dealkylation sites (tertiary alicyclic amines) is 1. The highest BCUT2D eigenvalue weighted by atomic mass is 32.1. The third-order valence-electron chi connectivity index (χ3n) is 4.87. The van der Waals surface area contributed by atoms with Crippen LogP contribution in [0.2, 0.25) is 0 Å². The van der Waals surface area contributed by atoms with E-state index in [0.29, 0.717) is 37.5 Å². The first-order valence-electron chi connectivity index (χ1n) is 8.47. The molecular weight excluding hydrogens is 336 g/mol. The number of benzene rings is 1. The molecule has 1 amide bonds. The summed E-state index contributed by atoms with van der Waals surface area (Å²) in [5, 5.41) is 12.6. The van der Waals surface area contributed by atoms with E-state index in [0.717, 1.165) is 10.6 Å². The number of piperidine rings is 1. The maximum absolute atomic E-state index is 12.7. The van der Waals surface area contributed by atoms with Gasteiger partial charge >= 0.3 is 5.97 Å². The summed E-state index contributed by atoms with van der Waals surface area (Å²) in [6.45, 7) is 4.95. The molecule has 1 fully saturated rings. The molecule has 1 aromatic carbocycles. The summed E-state index contributed by atoms with van der Waals surface area (Å²) in [6, 6.07) is 9.33. The lowest BCUT2D eigenvalue weighted by atomic mass is 9.73. The van der Waals surface area contributed by atoms with Gasteiger partial charge in [-0.3, -0.25) is 9.59 Å². The Hall–Kier alpha value is -2.21. The summed E-state index contributed by atoms with van der Waals surface area (Å²) < 4.78 is 0. The first-order chi connectivity index (χ1) is 11.9. The van der Waals surface area contributed by atoms with Gasteiger partial charge in [-0.05, 0) is 18.4 Å². The molecule has 132 valence electrons. The van der Waals surface area contributed by atoms with E-state index < -0.39 is 11.4 Å². The van der Waals surface area contributed by atoms with Gasteiger partial charge in [-0.2, -0.15) is 0 Å². The minimum absolute atomic E-state index is 0.102. The minimum Gasteiger partial charge on any atom is -0.481 e. The van der Waals surface area contributed by atoms with E-state index in [1.54, 1.807) is 10.3 Å². The monoisotopic (exact) mass is 358 g/mol. The number of hydrogen-bond donors (Lipinski definition) is 1. The van der Waals surface area contributed by atoms with E-state index in [1.807, 2.05) is 30.3 Å². The van der Waals surface area contributed by atoms with E-state index in [2.05, 4.69) is 18.8 Å². The third-order valence-corrected chi connectivity index (χ3v) is 6.02. The number of aromatic nitrogens is 1. The van der Waals surface area contributed by atoms with Crippen molar-refractivity contribution in [2.75, 3.05) is 13.1 Å². The predicted octanol–water partition coefficient (Wildman–Crippen LogP) is 3.53. The van der Waals surface area contributed by atoms with Gasteiger partial charge in [0.15, 0.2) is 0 Å². The van der Waals surface area contributed by atoms with Gasteiger partial charge in [0.25, 0.3) is 5.91 Å². The van der Waals surface area contributed by atoms with Crippen molar-refractivity contribution in [1.29, 1.82) is 0 Å². The summed E-state index contributed by atoms with van der Waals surface area (Å²) in [4.78, 5) is 30.8. The van der Waals surface area contributed by atoms with E-state index in [1.165, 1.54) is 11.3 Å². The van der Waals surface area contributed by atoms with Crippen LogP contribution < -0.4 is 0 Å². The van der Waals surface area contributed by atoms with Crippen molar-refractivity contribution < 1.29 is 14.7 Å². The lowest BCUT2D eigenvalue weighted by Crippen LogP contribution is -2.49. The highest BCUT2D eigenvalue weighted by molar-refractivity contribution is 7.09. The zero-order valence-electron chi connectivity index (χ0n) is 14.4. The number of rotatable bonds is 4. The van der Waals surface area contributed by atoms with Crippen molar-refractivity contribution in [1.82, 2.24) is 9.88 Å². The molecule has 0 radical (unpaired) electrons. The second-order valence-corrected chi connectivity index (χ2v) is 7.66. The summed E-state index contributed by atoms with van der Waals surface area (Å²) >= 11 is 1.50. The van der Waals surface area contributed by atoms with Gasteiger partial charge < -0.3 is 10.0 Å². The lowest BCUT2D eigenvalue weighted by Gasteiger charge is -2.39. The molecule has 0 spiro atoms. The topological polar surface area (TPSA) is 70.5 Å². The van der Waals surface area contributed by atoms with Crippen molar-refractivity contribution in [3.8, 4) is 0 Å². The number of carbonyl (C=O) groups excluding carboxylic acids is 1. The lowest BCUT2D eigenvalue weighted by molar-refractivity contribution is -0.145. The van der Waals surface area contributed by atoms with Crippen molar-refractivity contribution in [3.63, 3.8) is 0 Å². The maximum atomic E-state index is 12.7. The second-order valence-electron chi connectivity index (χ2n) is 6.77. The quantitative estimate of drug-likeness (QED) is 0.908. The Labute approximate surface area is 151 Å². The molecule has 3 rings (SSSR count). The Kier molecular flexibility index (Phi) is 4.90. The fraction of sp³-hybridized carbons (Fsp3) is 0.421. The van der Waals surface area contributed by atoms with Gasteiger partial charge in [0.05, 0.1) is 10.4 Å². The van der Waals surface area contributed by atoms with Crippen LogP contribution in [0.15, 0.2) is 35.7 Å². The molecule has 5 nitrogen and oxygen atoms in total. The molecule has 1 N–H and O–H groups in total. The Bertz CT molecular complexity index is 762. The average molecular weight is 358 g/mol. The van der Waals surface area contributed by atoms with Crippen LogP contribution >= 0.6 is 11.3 Å². The normalized spacial score (nSPS) is 16.8. The van der Waals surface area contributed by atoms with Crippen molar-refractivity contribution >= 4 is 23.2 Å². The average Bonchev–Trinajstić information content (AvgIpc) is 3.12. The van der Waals surface area contributed by atoms with Crippen LogP contribution in [-0.4, -0.2) is 40.0 Å². The van der Waals surface area contributed by atoms with Gasteiger partial charge in [0.2, 0.25) is 0 Å². The highest BCUT2D eigenvalue weighted by Crippen LogP contribution is 2.36. The third kappa shape index (κ3) is 3.31. The summed E-state index contributed by atoms with van der Waals surface area (Å²) in [5.41, 5.74) is 0.366. The molecule has 1 aliphatic rings. The van der Waals surface area contributed by atoms with Crippen molar-refractivity contribution in [2.24, 2.45) is 0 Å². The largest absolute Gasteiger partial charge is 0.481 e. The first-order valence-corrected chi connectivity index (χ1v) is 9.35. The fourth-order valence-corrected chi connectivity index (χ4v) is 4.10. The van der Waals surface area contributed by atoms with Gasteiger partial charge in [-0.25, -0.2) is 4.98 Å². The molecule has 2 aromatic rings. The first kappa shape index (κ1) is 17.6. The van der Waals surface area contributed by atoms with Gasteiger partial charge in [-0.1, -0.05) is 44.2 Å². The Morgan fingerprint density at radius 3 is 2.36 bits per heavy atom. The molecule has 2 heterocycles. The number of nitrogens with zero attached hydrogens (tertiary/aromatic N) is 2. The maximum Gasteiger partial charge on any atom is 0.314 e. The van der Waals surface area contributed by atoms with Crippen LogP contribution in [0.5, 0.6) is 0 Å². The van der Waals surface area contributed by atoms with Crippen molar-refractivity contribution in [3.05, 3.63) is 52.0 Å². The molecule has 0 unspecified atom stereocenters. The number of carboxylic acid groups (broad SMARTS) is 1. The van der Waals surface area contributed by atoms with E-state index in [-0.39, 0.29) is 5.91 Å². The molecule has 0 atom stereocenters. The molecule has 1 saturated heterocycles. The fourth-order valence-electron chi connectivity index (χ4n) is 3.29. The molecule has 0 aliphatic carbocycles. The molecule has 25 heavy (non-hydrogen) atoms. The highest BCUT2D eigenvalue weighted by Gasteiger charge is 2.44. The Balaban J connectivity index is 1.75. The second kappa shape index (κ2) is 6.96. The summed E-state index contributed by atoms with van der Waals surface area (Å²) in [6.07, 6.45) is 0.832. The number of thiazole rings is 1. The number of amides is 1. The smallest absolute Gasteiger partial charge is 0.314 e. The molecule has 1 aromatic heterocycles. The SMILES string of the molecule is CC(C)c1nc(C(=O)N2CCC(C(=O)O)(c3ccccc3)CC2)cs1. The van der Waals surface area contributed by atoms with Crippen molar-refractivity contribution in [2.45, 2.75) is 38.0 Å². The Morgan fingerprint density at radius 2 is 1.84 bits per heavy atom. The molecule has 6 heteroatoms. The Morgan fingerprint density at radius 1 is 1.20 bits per heavy atom. The van der Waals surface area contributed by atoms with Crippen LogP contribution in [0, 0.1) is 0 Å². The summed E-state index contributed by atoms with van der Waals surface area (Å²) in [5.74, 6) is -0.623. The van der Waals surface area contributed by atoms with Crippen LogP contribution in [0.4, 0.5) is 0 Å². The molecule has 1 aliphatic heterocycles. The zero-order valence-corrected chi connectivity index (χ0v) is 15.3. The molecular formula is C19H22N2O3S. The number of carbonyl (C=O) groups is 2. The van der Waals surface area contributed by atoms with Gasteiger partial charge in [0, 0.05) is 24.4 Å². The predicted molar refractivity (Wildman–Crippen MR) is 97.1 cm³/mol. The van der Waals surface area contributed by atoms with Crippen LogP contribution in [-0.2, 0) is 10.2 Å². The minimum atomic E-state index is -0.913. The van der Waals surface area contributed by atoms with Gasteiger partial charge in [-0.15, -0.1) is 11.3 Å².